The van der Waals surface area contributed by atoms with Crippen LogP contribution < -0.4 is 0 Å². The fraction of sp³-hybridized carbons (Fsp3) is 1.00. The van der Waals surface area contributed by atoms with Crippen LogP contribution in [0.1, 0.15) is 0 Å². The number of likely N-dealkylation sites (N-methyl/N-ethyl adjacent to an activating group) is 1. The van der Waals surface area contributed by atoms with Gasteiger partial charge in [0.2, 0.25) is 0 Å². The molecular weight excluding hydrogens is 350 g/mol. The van der Waals surface area contributed by atoms with Gasteiger partial charge in [0.15, 0.2) is 0 Å². The Morgan fingerprint density at radius 1 is 0.636 bits per heavy atom. The number of halogens is 12. The van der Waals surface area contributed by atoms with Crippen molar-refractivity contribution in [1.29, 1.82) is 0 Å². The predicted octanol–water partition coefficient (Wildman–Crippen LogP) is 4.09. The Morgan fingerprint density at radius 2 is 0.818 bits per heavy atom. The Balaban J connectivity index is -0.0000000995. The highest BCUT2D eigenvalue weighted by molar-refractivity contribution is 6.50. The van der Waals surface area contributed by atoms with Gasteiger partial charge in [-0.15, -0.1) is 0 Å². The van der Waals surface area contributed by atoms with Crippen molar-refractivity contribution >= 4 is 21.8 Å². The first kappa shape index (κ1) is 29.3. The van der Waals surface area contributed by atoms with Gasteiger partial charge in [-0.25, -0.2) is 0 Å². The fourth-order valence-corrected chi connectivity index (χ4v) is 0.274. The van der Waals surface area contributed by atoms with Crippen LogP contribution in [0.3, 0.4) is 0 Å². The highest BCUT2D eigenvalue weighted by atomic mass is 19.5. The van der Waals surface area contributed by atoms with Gasteiger partial charge in [0.05, 0.1) is 6.61 Å². The van der Waals surface area contributed by atoms with Crippen LogP contribution in [0.15, 0.2) is 0 Å². The zero-order valence-electron chi connectivity index (χ0n) is 11.5. The molecule has 0 aliphatic heterocycles. The maximum atomic E-state index is 9.75. The molecule has 0 spiro atoms. The van der Waals surface area contributed by atoms with Crippen molar-refractivity contribution in [2.45, 2.75) is 0 Å². The van der Waals surface area contributed by atoms with Crippen molar-refractivity contribution in [2.24, 2.45) is 0 Å². The molecule has 0 saturated carbocycles. The molecule has 0 N–H and O–H groups in total. The largest absolute Gasteiger partial charge is 0.673 e. The fourth-order valence-electron chi connectivity index (χ4n) is 0.274. The molecule has 0 heterocycles. The van der Waals surface area contributed by atoms with Crippen LogP contribution in [0.5, 0.6) is 0 Å². The first-order valence-electron chi connectivity index (χ1n) is 5.03. The molecule has 2 nitrogen and oxygen atoms in total. The molecule has 0 unspecified atom stereocenters. The molecule has 22 heavy (non-hydrogen) atoms. The number of nitrogens with zero attached hydrogens (tertiary/aromatic N) is 1. The van der Waals surface area contributed by atoms with E-state index in [-0.39, 0.29) is 0 Å². The summed E-state index contributed by atoms with van der Waals surface area (Å²) in [7, 11) is -12.2. The van der Waals surface area contributed by atoms with Crippen LogP contribution in [-0.2, 0) is 4.74 Å². The SMILES string of the molecule is COCCN(C)C.F[B-](F)(F)F.F[B-](F)(F)F.F[B-](F)(F)F. The van der Waals surface area contributed by atoms with Gasteiger partial charge in [-0.05, 0) is 14.1 Å². The lowest BCUT2D eigenvalue weighted by Gasteiger charge is -2.06. The first-order chi connectivity index (χ1) is 9.27. The first-order valence-corrected chi connectivity index (χ1v) is 5.03. The summed E-state index contributed by atoms with van der Waals surface area (Å²) in [6.45, 7) is 1.84. The average Bonchev–Trinajstić information content (AvgIpc) is 2.05. The molecule has 0 rings (SSSR count). The number of hydrogen-bond acceptors (Lipinski definition) is 2. The summed E-state index contributed by atoms with van der Waals surface area (Å²) in [4.78, 5) is 2.09. The Bertz CT molecular complexity index is 182. The summed E-state index contributed by atoms with van der Waals surface area (Å²) in [5.74, 6) is 0. The zero-order valence-corrected chi connectivity index (χ0v) is 11.5. The van der Waals surface area contributed by atoms with E-state index in [1.807, 2.05) is 14.1 Å². The van der Waals surface area contributed by atoms with Crippen LogP contribution >= 0.6 is 0 Å². The predicted molar refractivity (Wildman–Crippen MR) is 61.0 cm³/mol. The lowest BCUT2D eigenvalue weighted by Crippen LogP contribution is -2.16. The van der Waals surface area contributed by atoms with Crippen LogP contribution in [0.25, 0.3) is 0 Å². The monoisotopic (exact) mass is 364 g/mol. The van der Waals surface area contributed by atoms with Crippen LogP contribution in [0, 0.1) is 0 Å². The standard InChI is InChI=1S/C5H13NO.3BF4/c1-6(2)4-5-7-3;3*2-1(3,4)5/h4-5H2,1-3H3;;;/q;3*-1. The number of hydrogen-bond donors (Lipinski definition) is 0. The van der Waals surface area contributed by atoms with E-state index in [0.717, 1.165) is 13.2 Å². The van der Waals surface area contributed by atoms with E-state index in [1.165, 1.54) is 0 Å². The molecule has 0 amide bonds. The van der Waals surface area contributed by atoms with Gasteiger partial charge in [0, 0.05) is 13.7 Å². The Kier molecular flexibility index (Phi) is 18.5. The molecular formula is C5H13B3F12NO-3. The normalized spacial score (nSPS) is 11.5. The molecule has 0 aliphatic rings. The van der Waals surface area contributed by atoms with E-state index < -0.39 is 21.8 Å². The minimum atomic E-state index is -6.00. The van der Waals surface area contributed by atoms with E-state index >= 15 is 0 Å². The molecule has 140 valence electrons. The maximum Gasteiger partial charge on any atom is 0.673 e. The van der Waals surface area contributed by atoms with Gasteiger partial charge < -0.3 is 61.4 Å². The summed E-state index contributed by atoms with van der Waals surface area (Å²) < 4.78 is 122. The second-order valence-corrected chi connectivity index (χ2v) is 3.28. The Labute approximate surface area is 119 Å². The maximum absolute atomic E-state index is 9.75. The molecule has 0 fully saturated rings. The molecule has 0 aromatic rings. The quantitative estimate of drug-likeness (QED) is 0.553. The van der Waals surface area contributed by atoms with Crippen molar-refractivity contribution in [2.75, 3.05) is 34.4 Å². The van der Waals surface area contributed by atoms with Gasteiger partial charge in [-0.1, -0.05) is 0 Å². The van der Waals surface area contributed by atoms with Crippen molar-refractivity contribution < 1.29 is 56.5 Å². The van der Waals surface area contributed by atoms with E-state index in [2.05, 4.69) is 4.90 Å². The zero-order chi connectivity index (χ0) is 19.2. The lowest BCUT2D eigenvalue weighted by molar-refractivity contribution is 0.172. The van der Waals surface area contributed by atoms with Crippen LogP contribution in [-0.4, -0.2) is 61.0 Å². The molecule has 17 heteroatoms. The summed E-state index contributed by atoms with van der Waals surface area (Å²) in [5, 5.41) is 0. The molecule has 0 bridgehead atoms. The number of ether oxygens (including phenoxy) is 1. The highest BCUT2D eigenvalue weighted by Crippen LogP contribution is 2.07. The second-order valence-electron chi connectivity index (χ2n) is 3.28. The third kappa shape index (κ3) is 600. The number of methoxy groups -OCH3 is 1. The van der Waals surface area contributed by atoms with Crippen molar-refractivity contribution in [3.8, 4) is 0 Å². The van der Waals surface area contributed by atoms with E-state index in [0.29, 0.717) is 0 Å². The Hall–Kier alpha value is -0.725. The Morgan fingerprint density at radius 3 is 0.864 bits per heavy atom. The second kappa shape index (κ2) is 13.9. The van der Waals surface area contributed by atoms with E-state index in [9.17, 15) is 51.8 Å². The van der Waals surface area contributed by atoms with E-state index in [1.54, 1.807) is 7.11 Å². The lowest BCUT2D eigenvalue weighted by atomic mass is 10.3. The molecule has 0 aromatic heterocycles. The smallest absolute Gasteiger partial charge is 0.418 e. The van der Waals surface area contributed by atoms with Crippen LogP contribution in [0.4, 0.5) is 51.8 Å². The average molecular weight is 364 g/mol. The van der Waals surface area contributed by atoms with Gasteiger partial charge in [-0.2, -0.15) is 0 Å². The summed E-state index contributed by atoms with van der Waals surface area (Å²) in [6, 6.07) is 0. The summed E-state index contributed by atoms with van der Waals surface area (Å²) in [6.07, 6.45) is 0. The van der Waals surface area contributed by atoms with Gasteiger partial charge in [0.1, 0.15) is 0 Å². The third-order valence-electron chi connectivity index (χ3n) is 0.743. The summed E-state index contributed by atoms with van der Waals surface area (Å²) >= 11 is 0. The van der Waals surface area contributed by atoms with Gasteiger partial charge in [-0.3, -0.25) is 0 Å². The van der Waals surface area contributed by atoms with Gasteiger partial charge >= 0.3 is 21.8 Å². The minimum Gasteiger partial charge on any atom is -0.418 e. The third-order valence-corrected chi connectivity index (χ3v) is 0.743. The topological polar surface area (TPSA) is 12.5 Å². The molecule has 0 atom stereocenters. The van der Waals surface area contributed by atoms with Gasteiger partial charge in [0.25, 0.3) is 0 Å². The molecule has 0 radical (unpaired) electrons. The molecule has 0 aromatic carbocycles. The van der Waals surface area contributed by atoms with E-state index in [4.69, 9.17) is 4.74 Å². The number of rotatable bonds is 3. The summed E-state index contributed by atoms with van der Waals surface area (Å²) in [5.41, 5.74) is 0. The van der Waals surface area contributed by atoms with Crippen molar-refractivity contribution in [3.05, 3.63) is 0 Å². The van der Waals surface area contributed by atoms with Crippen molar-refractivity contribution in [1.82, 2.24) is 4.90 Å². The molecule has 0 saturated heterocycles. The minimum absolute atomic E-state index is 0.826. The van der Waals surface area contributed by atoms with Crippen molar-refractivity contribution in [3.63, 3.8) is 0 Å². The highest BCUT2D eigenvalue weighted by Gasteiger charge is 2.21. The molecule has 0 aliphatic carbocycles. The van der Waals surface area contributed by atoms with Crippen LogP contribution in [0.2, 0.25) is 0 Å².